The van der Waals surface area contributed by atoms with Gasteiger partial charge in [-0.1, -0.05) is 49.8 Å². The SMILES string of the molecule is CC1(C)CC(=O)C2=C(Cc3[nH]nc(C4CC(C)(F)C4)c3[C@]2(C)c2ccccc2)C1. The third kappa shape index (κ3) is 2.75. The van der Waals surface area contributed by atoms with Crippen LogP contribution in [0.25, 0.3) is 0 Å². The number of carbonyl (C=O) groups excluding carboxylic acids is 1. The van der Waals surface area contributed by atoms with E-state index in [4.69, 9.17) is 5.10 Å². The van der Waals surface area contributed by atoms with Gasteiger partial charge in [-0.15, -0.1) is 0 Å². The smallest absolute Gasteiger partial charge is 0.160 e. The number of halogens is 1. The minimum absolute atomic E-state index is 0.0160. The maximum atomic E-state index is 14.3. The molecule has 0 spiro atoms. The number of benzene rings is 1. The van der Waals surface area contributed by atoms with Crippen LogP contribution in [-0.4, -0.2) is 21.6 Å². The maximum Gasteiger partial charge on any atom is 0.160 e. The number of nitrogens with zero attached hydrogens (tertiary/aromatic N) is 1. The molecule has 1 atom stereocenters. The van der Waals surface area contributed by atoms with E-state index in [1.54, 1.807) is 6.92 Å². The van der Waals surface area contributed by atoms with Gasteiger partial charge in [0.2, 0.25) is 0 Å². The number of H-pyrrole nitrogens is 1. The van der Waals surface area contributed by atoms with Gasteiger partial charge in [-0.3, -0.25) is 9.89 Å². The predicted octanol–water partition coefficient (Wildman–Crippen LogP) is 5.56. The molecule has 1 fully saturated rings. The second-order valence-corrected chi connectivity index (χ2v) is 10.6. The van der Waals surface area contributed by atoms with Crippen molar-refractivity contribution in [2.24, 2.45) is 5.41 Å². The molecule has 3 nitrogen and oxygen atoms in total. The lowest BCUT2D eigenvalue weighted by Gasteiger charge is -2.45. The Bertz CT molecular complexity index is 1020. The quantitative estimate of drug-likeness (QED) is 0.727. The van der Waals surface area contributed by atoms with Gasteiger partial charge in [-0.25, -0.2) is 4.39 Å². The molecule has 0 radical (unpaired) electrons. The highest BCUT2D eigenvalue weighted by Gasteiger charge is 2.52. The summed E-state index contributed by atoms with van der Waals surface area (Å²) in [6.45, 7) is 8.21. The topological polar surface area (TPSA) is 45.8 Å². The van der Waals surface area contributed by atoms with Crippen LogP contribution < -0.4 is 0 Å². The van der Waals surface area contributed by atoms with Crippen molar-refractivity contribution in [3.8, 4) is 0 Å². The summed E-state index contributed by atoms with van der Waals surface area (Å²) < 4.78 is 14.3. The number of fused-ring (bicyclic) bond motifs is 1. The van der Waals surface area contributed by atoms with E-state index in [-0.39, 0.29) is 17.1 Å². The average molecular weight is 393 g/mol. The number of aromatic amines is 1. The van der Waals surface area contributed by atoms with Crippen molar-refractivity contribution in [1.82, 2.24) is 10.2 Å². The number of rotatable bonds is 2. The van der Waals surface area contributed by atoms with Crippen molar-refractivity contribution in [2.75, 3.05) is 0 Å². The van der Waals surface area contributed by atoms with Gasteiger partial charge in [0.15, 0.2) is 5.78 Å². The van der Waals surface area contributed by atoms with Gasteiger partial charge >= 0.3 is 0 Å². The summed E-state index contributed by atoms with van der Waals surface area (Å²) in [7, 11) is 0. The van der Waals surface area contributed by atoms with Crippen LogP contribution in [-0.2, 0) is 16.6 Å². The van der Waals surface area contributed by atoms with Crippen LogP contribution in [0.15, 0.2) is 41.5 Å². The lowest BCUT2D eigenvalue weighted by Crippen LogP contribution is -2.42. The molecule has 1 aromatic carbocycles. The van der Waals surface area contributed by atoms with Crippen LogP contribution in [0.4, 0.5) is 4.39 Å². The summed E-state index contributed by atoms with van der Waals surface area (Å²) >= 11 is 0. The molecule has 29 heavy (non-hydrogen) atoms. The van der Waals surface area contributed by atoms with Crippen LogP contribution >= 0.6 is 0 Å². The highest BCUT2D eigenvalue weighted by molar-refractivity contribution is 6.01. The normalized spacial score (nSPS) is 33.1. The molecule has 1 N–H and O–H groups in total. The number of nitrogens with one attached hydrogen (secondary N) is 1. The van der Waals surface area contributed by atoms with E-state index >= 15 is 0 Å². The van der Waals surface area contributed by atoms with Crippen molar-refractivity contribution in [1.29, 1.82) is 0 Å². The molecule has 0 bridgehead atoms. The number of aromatic nitrogens is 2. The van der Waals surface area contributed by atoms with Gasteiger partial charge in [0, 0.05) is 41.0 Å². The van der Waals surface area contributed by atoms with Gasteiger partial charge in [0.1, 0.15) is 5.67 Å². The summed E-state index contributed by atoms with van der Waals surface area (Å²) in [6.07, 6.45) is 3.25. The third-order valence-electron chi connectivity index (χ3n) is 7.30. The van der Waals surface area contributed by atoms with Crippen molar-refractivity contribution < 1.29 is 9.18 Å². The summed E-state index contributed by atoms with van der Waals surface area (Å²) in [5.41, 5.74) is 4.84. The molecule has 0 amide bonds. The second-order valence-electron chi connectivity index (χ2n) is 10.6. The van der Waals surface area contributed by atoms with E-state index < -0.39 is 11.1 Å². The Morgan fingerprint density at radius 1 is 1.07 bits per heavy atom. The fraction of sp³-hybridized carbons (Fsp3) is 0.520. The molecule has 1 saturated carbocycles. The minimum Gasteiger partial charge on any atom is -0.294 e. The summed E-state index contributed by atoms with van der Waals surface area (Å²) in [6, 6.07) is 10.3. The Balaban J connectivity index is 1.72. The second kappa shape index (κ2) is 5.90. The van der Waals surface area contributed by atoms with Gasteiger partial charge < -0.3 is 0 Å². The first-order valence-corrected chi connectivity index (χ1v) is 10.7. The molecule has 1 aromatic heterocycles. The Morgan fingerprint density at radius 3 is 2.41 bits per heavy atom. The number of allylic oxidation sites excluding steroid dienone is 2. The fourth-order valence-corrected chi connectivity index (χ4v) is 6.17. The highest BCUT2D eigenvalue weighted by Crippen LogP contribution is 2.56. The van der Waals surface area contributed by atoms with Gasteiger partial charge in [-0.05, 0) is 44.1 Å². The molecule has 1 heterocycles. The molecule has 4 heteroatoms. The number of ketones is 1. The summed E-state index contributed by atoms with van der Waals surface area (Å²) in [4.78, 5) is 13.5. The predicted molar refractivity (Wildman–Crippen MR) is 112 cm³/mol. The van der Waals surface area contributed by atoms with Crippen molar-refractivity contribution in [2.45, 2.75) is 76.8 Å². The molecule has 3 aliphatic carbocycles. The maximum absolute atomic E-state index is 14.3. The van der Waals surface area contributed by atoms with E-state index in [2.05, 4.69) is 38.0 Å². The number of Topliss-reactive ketones (excluding diaryl/α,β-unsaturated/α-hetero) is 1. The zero-order chi connectivity index (χ0) is 20.6. The lowest BCUT2D eigenvalue weighted by molar-refractivity contribution is -0.118. The molecule has 5 rings (SSSR count). The highest BCUT2D eigenvalue weighted by atomic mass is 19.1. The Morgan fingerprint density at radius 2 is 1.76 bits per heavy atom. The fourth-order valence-electron chi connectivity index (χ4n) is 6.17. The van der Waals surface area contributed by atoms with E-state index in [0.29, 0.717) is 19.3 Å². The Kier molecular flexibility index (Phi) is 3.82. The number of carbonyl (C=O) groups is 1. The Hall–Kier alpha value is -2.23. The molecule has 3 aliphatic rings. The first-order chi connectivity index (χ1) is 13.6. The number of alkyl halides is 1. The van der Waals surface area contributed by atoms with Crippen LogP contribution in [0.5, 0.6) is 0 Å². The molecule has 0 unspecified atom stereocenters. The largest absolute Gasteiger partial charge is 0.294 e. The molecule has 152 valence electrons. The third-order valence-corrected chi connectivity index (χ3v) is 7.30. The zero-order valence-corrected chi connectivity index (χ0v) is 17.7. The average Bonchev–Trinajstić information content (AvgIpc) is 3.03. The van der Waals surface area contributed by atoms with Crippen molar-refractivity contribution >= 4 is 5.78 Å². The molecule has 0 saturated heterocycles. The van der Waals surface area contributed by atoms with Crippen molar-refractivity contribution in [3.63, 3.8) is 0 Å². The van der Waals surface area contributed by atoms with E-state index in [1.807, 2.05) is 18.2 Å². The van der Waals surface area contributed by atoms with Crippen LogP contribution in [0.3, 0.4) is 0 Å². The standard InChI is InChI=1S/C25H29FN2O/c1-23(2)11-15-10-18-21(22(28-27-18)16-12-24(3,26)13-16)25(4,20(15)19(29)14-23)17-8-6-5-7-9-17/h5-9,16H,10-14H2,1-4H3,(H,27,28)/t16?,24?,25-/m1/s1. The summed E-state index contributed by atoms with van der Waals surface area (Å²) in [5, 5.41) is 7.98. The van der Waals surface area contributed by atoms with Crippen LogP contribution in [0, 0.1) is 5.41 Å². The van der Waals surface area contributed by atoms with Crippen LogP contribution in [0.1, 0.15) is 81.8 Å². The minimum atomic E-state index is -1.11. The zero-order valence-electron chi connectivity index (χ0n) is 17.7. The Labute approximate surface area is 171 Å². The van der Waals surface area contributed by atoms with E-state index in [0.717, 1.165) is 40.9 Å². The monoisotopic (exact) mass is 392 g/mol. The van der Waals surface area contributed by atoms with Gasteiger partial charge in [-0.2, -0.15) is 5.10 Å². The van der Waals surface area contributed by atoms with Gasteiger partial charge in [0.25, 0.3) is 0 Å². The van der Waals surface area contributed by atoms with E-state index in [1.165, 1.54) is 5.57 Å². The van der Waals surface area contributed by atoms with Crippen molar-refractivity contribution in [3.05, 3.63) is 64.0 Å². The molecular formula is C25H29FN2O. The lowest BCUT2D eigenvalue weighted by atomic mass is 9.57. The molecule has 0 aliphatic heterocycles. The van der Waals surface area contributed by atoms with Gasteiger partial charge in [0.05, 0.1) is 5.69 Å². The number of hydrogen-bond acceptors (Lipinski definition) is 2. The van der Waals surface area contributed by atoms with Crippen LogP contribution in [0.2, 0.25) is 0 Å². The summed E-state index contributed by atoms with van der Waals surface area (Å²) in [5.74, 6) is 0.370. The van der Waals surface area contributed by atoms with E-state index in [9.17, 15) is 9.18 Å². The molecular weight excluding hydrogens is 363 g/mol. The first kappa shape index (κ1) is 18.8. The first-order valence-electron chi connectivity index (χ1n) is 10.7. The molecule has 2 aromatic rings. The number of hydrogen-bond donors (Lipinski definition) is 1.